The average molecular weight is 301 g/mol. The number of thioether (sulfide) groups is 1. The number of esters is 1. The van der Waals surface area contributed by atoms with Crippen molar-refractivity contribution >= 4 is 23.4 Å². The van der Waals surface area contributed by atoms with E-state index in [9.17, 15) is 4.79 Å². The van der Waals surface area contributed by atoms with Crippen molar-refractivity contribution in [2.75, 3.05) is 12.8 Å². The number of anilines is 1. The number of hydrogen-bond acceptors (Lipinski definition) is 4. The fourth-order valence-electron chi connectivity index (χ4n) is 2.03. The molecule has 2 N–H and O–H groups in total. The standard InChI is InChI=1S/C17H19NO2S/c1-12-7-8-15(18)10-16(12)21-11-14-6-4-3-5-13(14)9-17(19)20-2/h3-8,10H,9,11,18H2,1-2H3. The number of rotatable bonds is 5. The van der Waals surface area contributed by atoms with Gasteiger partial charge in [-0.25, -0.2) is 0 Å². The van der Waals surface area contributed by atoms with Gasteiger partial charge in [0.15, 0.2) is 0 Å². The van der Waals surface area contributed by atoms with Gasteiger partial charge in [0.1, 0.15) is 0 Å². The van der Waals surface area contributed by atoms with Gasteiger partial charge in [-0.2, -0.15) is 0 Å². The highest BCUT2D eigenvalue weighted by Gasteiger charge is 2.09. The Bertz CT molecular complexity index is 640. The lowest BCUT2D eigenvalue weighted by molar-refractivity contribution is -0.139. The van der Waals surface area contributed by atoms with Crippen LogP contribution in [-0.2, 0) is 21.7 Å². The van der Waals surface area contributed by atoms with Gasteiger partial charge in [0.05, 0.1) is 13.5 Å². The molecule has 0 bridgehead atoms. The van der Waals surface area contributed by atoms with Crippen LogP contribution in [0.5, 0.6) is 0 Å². The summed E-state index contributed by atoms with van der Waals surface area (Å²) < 4.78 is 4.74. The predicted octanol–water partition coefficient (Wildman–Crippen LogP) is 3.59. The van der Waals surface area contributed by atoms with Crippen LogP contribution in [0.25, 0.3) is 0 Å². The van der Waals surface area contributed by atoms with Gasteiger partial charge in [0.25, 0.3) is 0 Å². The molecule has 4 heteroatoms. The Balaban J connectivity index is 2.13. The van der Waals surface area contributed by atoms with Crippen molar-refractivity contribution in [1.29, 1.82) is 0 Å². The molecule has 2 aromatic carbocycles. The highest BCUT2D eigenvalue weighted by Crippen LogP contribution is 2.29. The van der Waals surface area contributed by atoms with E-state index in [0.717, 1.165) is 22.6 Å². The molecular weight excluding hydrogens is 282 g/mol. The van der Waals surface area contributed by atoms with Crippen LogP contribution >= 0.6 is 11.8 Å². The molecule has 0 spiro atoms. The van der Waals surface area contributed by atoms with Gasteiger partial charge in [0.2, 0.25) is 0 Å². The van der Waals surface area contributed by atoms with E-state index in [1.165, 1.54) is 17.6 Å². The first-order valence-corrected chi connectivity index (χ1v) is 7.71. The zero-order chi connectivity index (χ0) is 15.2. The molecule has 0 fully saturated rings. The van der Waals surface area contributed by atoms with Crippen molar-refractivity contribution < 1.29 is 9.53 Å². The number of nitrogens with two attached hydrogens (primary N) is 1. The van der Waals surface area contributed by atoms with Gasteiger partial charge in [-0.3, -0.25) is 4.79 Å². The fraction of sp³-hybridized carbons (Fsp3) is 0.235. The van der Waals surface area contributed by atoms with Gasteiger partial charge < -0.3 is 10.5 Å². The smallest absolute Gasteiger partial charge is 0.309 e. The molecule has 0 aliphatic rings. The lowest BCUT2D eigenvalue weighted by Gasteiger charge is -2.10. The maximum atomic E-state index is 11.5. The third kappa shape index (κ3) is 4.26. The number of aryl methyl sites for hydroxylation is 1. The van der Waals surface area contributed by atoms with Gasteiger partial charge in [-0.1, -0.05) is 30.3 Å². The van der Waals surface area contributed by atoms with E-state index in [1.54, 1.807) is 11.8 Å². The van der Waals surface area contributed by atoms with Crippen molar-refractivity contribution in [3.8, 4) is 0 Å². The molecular formula is C17H19NO2S. The lowest BCUT2D eigenvalue weighted by Crippen LogP contribution is -2.06. The molecule has 0 saturated heterocycles. The quantitative estimate of drug-likeness (QED) is 0.521. The Morgan fingerprint density at radius 2 is 1.90 bits per heavy atom. The number of nitrogen functional groups attached to an aromatic ring is 1. The van der Waals surface area contributed by atoms with Crippen LogP contribution < -0.4 is 5.73 Å². The van der Waals surface area contributed by atoms with Crippen molar-refractivity contribution in [2.45, 2.75) is 24.0 Å². The van der Waals surface area contributed by atoms with Crippen LogP contribution in [-0.4, -0.2) is 13.1 Å². The molecule has 3 nitrogen and oxygen atoms in total. The minimum absolute atomic E-state index is 0.215. The summed E-state index contributed by atoms with van der Waals surface area (Å²) in [4.78, 5) is 12.6. The largest absolute Gasteiger partial charge is 0.469 e. The topological polar surface area (TPSA) is 52.3 Å². The summed E-state index contributed by atoms with van der Waals surface area (Å²) in [5.74, 6) is 0.588. The summed E-state index contributed by atoms with van der Waals surface area (Å²) in [6.45, 7) is 2.07. The Hall–Kier alpha value is -1.94. The zero-order valence-corrected chi connectivity index (χ0v) is 13.1. The first-order chi connectivity index (χ1) is 10.1. The number of hydrogen-bond donors (Lipinski definition) is 1. The molecule has 110 valence electrons. The third-order valence-corrected chi connectivity index (χ3v) is 4.48. The lowest BCUT2D eigenvalue weighted by atomic mass is 10.1. The first-order valence-electron chi connectivity index (χ1n) is 6.72. The molecule has 0 unspecified atom stereocenters. The molecule has 0 heterocycles. The van der Waals surface area contributed by atoms with Gasteiger partial charge in [0, 0.05) is 16.3 Å². The molecule has 0 aliphatic heterocycles. The number of carbonyl (C=O) groups is 1. The number of ether oxygens (including phenoxy) is 1. The number of methoxy groups -OCH3 is 1. The summed E-state index contributed by atoms with van der Waals surface area (Å²) in [7, 11) is 1.41. The van der Waals surface area contributed by atoms with Crippen LogP contribution in [0.4, 0.5) is 5.69 Å². The predicted molar refractivity (Wildman–Crippen MR) is 87.3 cm³/mol. The number of benzene rings is 2. The van der Waals surface area contributed by atoms with Gasteiger partial charge >= 0.3 is 5.97 Å². The highest BCUT2D eigenvalue weighted by atomic mass is 32.2. The average Bonchev–Trinajstić information content (AvgIpc) is 2.49. The summed E-state index contributed by atoms with van der Waals surface area (Å²) in [5, 5.41) is 0. The molecule has 0 aromatic heterocycles. The molecule has 0 amide bonds. The molecule has 2 rings (SSSR count). The monoisotopic (exact) mass is 301 g/mol. The number of carbonyl (C=O) groups excluding carboxylic acids is 1. The van der Waals surface area contributed by atoms with Crippen molar-refractivity contribution in [2.24, 2.45) is 0 Å². The van der Waals surface area contributed by atoms with Crippen LogP contribution in [0.15, 0.2) is 47.4 Å². The fourth-order valence-corrected chi connectivity index (χ4v) is 3.13. The van der Waals surface area contributed by atoms with E-state index in [-0.39, 0.29) is 5.97 Å². The molecule has 2 aromatic rings. The van der Waals surface area contributed by atoms with E-state index >= 15 is 0 Å². The van der Waals surface area contributed by atoms with Crippen molar-refractivity contribution in [3.05, 3.63) is 59.2 Å². The Morgan fingerprint density at radius 1 is 1.19 bits per heavy atom. The second-order valence-corrected chi connectivity index (χ2v) is 5.85. The van der Waals surface area contributed by atoms with Crippen LogP contribution in [0.2, 0.25) is 0 Å². The molecule has 21 heavy (non-hydrogen) atoms. The first kappa shape index (κ1) is 15.4. The highest BCUT2D eigenvalue weighted by molar-refractivity contribution is 7.98. The maximum Gasteiger partial charge on any atom is 0.309 e. The Kier molecular flexibility index (Phi) is 5.28. The van der Waals surface area contributed by atoms with Crippen LogP contribution in [0.1, 0.15) is 16.7 Å². The van der Waals surface area contributed by atoms with Crippen LogP contribution in [0, 0.1) is 6.92 Å². The van der Waals surface area contributed by atoms with E-state index in [4.69, 9.17) is 10.5 Å². The summed E-state index contributed by atoms with van der Waals surface area (Å²) in [5.41, 5.74) is 9.97. The van der Waals surface area contributed by atoms with E-state index in [2.05, 4.69) is 6.92 Å². The minimum Gasteiger partial charge on any atom is -0.469 e. The summed E-state index contributed by atoms with van der Waals surface area (Å²) >= 11 is 1.73. The second kappa shape index (κ2) is 7.18. The van der Waals surface area contributed by atoms with E-state index < -0.39 is 0 Å². The normalized spacial score (nSPS) is 10.4. The molecule has 0 atom stereocenters. The molecule has 0 radical (unpaired) electrons. The Labute approximate surface area is 129 Å². The van der Waals surface area contributed by atoms with Gasteiger partial charge in [-0.05, 0) is 35.7 Å². The van der Waals surface area contributed by atoms with E-state index in [1.807, 2.05) is 42.5 Å². The van der Waals surface area contributed by atoms with Crippen molar-refractivity contribution in [3.63, 3.8) is 0 Å². The van der Waals surface area contributed by atoms with Crippen LogP contribution in [0.3, 0.4) is 0 Å². The molecule has 0 saturated carbocycles. The third-order valence-electron chi connectivity index (χ3n) is 3.28. The maximum absolute atomic E-state index is 11.5. The van der Waals surface area contributed by atoms with Crippen molar-refractivity contribution in [1.82, 2.24) is 0 Å². The SMILES string of the molecule is COC(=O)Cc1ccccc1CSc1cc(N)ccc1C. The Morgan fingerprint density at radius 3 is 2.62 bits per heavy atom. The second-order valence-electron chi connectivity index (χ2n) is 4.84. The van der Waals surface area contributed by atoms with Gasteiger partial charge in [-0.15, -0.1) is 11.8 Å². The molecule has 0 aliphatic carbocycles. The van der Waals surface area contributed by atoms with E-state index in [0.29, 0.717) is 6.42 Å². The summed E-state index contributed by atoms with van der Waals surface area (Å²) in [6.07, 6.45) is 0.309. The summed E-state index contributed by atoms with van der Waals surface area (Å²) in [6, 6.07) is 13.9. The zero-order valence-electron chi connectivity index (χ0n) is 12.3. The minimum atomic E-state index is -0.215.